The highest BCUT2D eigenvalue weighted by molar-refractivity contribution is 8.93. The minimum absolute atomic E-state index is 0. The van der Waals surface area contributed by atoms with Crippen LogP contribution in [0.3, 0.4) is 0 Å². The van der Waals surface area contributed by atoms with Crippen molar-refractivity contribution in [3.05, 3.63) is 59.3 Å². The Kier molecular flexibility index (Phi) is 7.17. The van der Waals surface area contributed by atoms with Gasteiger partial charge in [-0.05, 0) is 31.5 Å². The van der Waals surface area contributed by atoms with Crippen LogP contribution in [0.1, 0.15) is 25.7 Å². The van der Waals surface area contributed by atoms with Crippen LogP contribution in [0.5, 0.6) is 5.88 Å². The summed E-state index contributed by atoms with van der Waals surface area (Å²) in [4.78, 5) is 24.1. The summed E-state index contributed by atoms with van der Waals surface area (Å²) in [6.07, 6.45) is 9.92. The lowest BCUT2D eigenvalue weighted by Crippen LogP contribution is -2.30. The number of ether oxygens (including phenoxy) is 1. The molecule has 0 amide bonds. The number of hydrogen-bond donors (Lipinski definition) is 0. The average Bonchev–Trinajstić information content (AvgIpc) is 2.98. The summed E-state index contributed by atoms with van der Waals surface area (Å²) in [6.45, 7) is 3.60. The Hall–Kier alpha value is -2.25. The van der Waals surface area contributed by atoms with Gasteiger partial charge in [0.25, 0.3) is 5.56 Å². The van der Waals surface area contributed by atoms with Crippen molar-refractivity contribution in [2.75, 3.05) is 26.2 Å². The Balaban J connectivity index is 0.00000225. The highest BCUT2D eigenvalue weighted by atomic mass is 79.9. The van der Waals surface area contributed by atoms with Crippen molar-refractivity contribution >= 4 is 22.6 Å². The zero-order valence-corrected chi connectivity index (χ0v) is 17.5. The lowest BCUT2D eigenvalue weighted by Gasteiger charge is -2.20. The zero-order chi connectivity index (χ0) is 18.5. The van der Waals surface area contributed by atoms with Crippen LogP contribution in [0, 0.1) is 0 Å². The normalized spacial score (nSPS) is 15.0. The van der Waals surface area contributed by atoms with E-state index in [0.717, 1.165) is 25.2 Å². The van der Waals surface area contributed by atoms with E-state index in [2.05, 4.69) is 14.9 Å². The lowest BCUT2D eigenvalue weighted by molar-refractivity contribution is 0.210. The SMILES string of the molecule is Br.O=c1c(-c2ccccc2)c(OCCN2CCCCCC2)nc2cnccn12. The molecular formula is C21H25BrN4O2. The first-order valence-electron chi connectivity index (χ1n) is 9.60. The molecule has 0 aliphatic carbocycles. The van der Waals surface area contributed by atoms with Crippen LogP contribution in [0.2, 0.25) is 0 Å². The number of hydrogen-bond acceptors (Lipinski definition) is 5. The number of nitrogens with zero attached hydrogens (tertiary/aromatic N) is 4. The third-order valence-corrected chi connectivity index (χ3v) is 5.01. The summed E-state index contributed by atoms with van der Waals surface area (Å²) in [7, 11) is 0. The summed E-state index contributed by atoms with van der Waals surface area (Å²) in [5.41, 5.74) is 1.66. The maximum atomic E-state index is 13.1. The molecule has 0 atom stereocenters. The third kappa shape index (κ3) is 4.59. The van der Waals surface area contributed by atoms with E-state index in [-0.39, 0.29) is 22.5 Å². The Bertz CT molecular complexity index is 954. The molecule has 1 aliphatic rings. The molecule has 148 valence electrons. The molecule has 1 saturated heterocycles. The summed E-state index contributed by atoms with van der Waals surface area (Å²) >= 11 is 0. The Morgan fingerprint density at radius 3 is 2.54 bits per heavy atom. The minimum atomic E-state index is -0.140. The van der Waals surface area contributed by atoms with Crippen LogP contribution in [-0.2, 0) is 0 Å². The van der Waals surface area contributed by atoms with Gasteiger partial charge in [-0.3, -0.25) is 19.1 Å². The van der Waals surface area contributed by atoms with Gasteiger partial charge in [0.2, 0.25) is 5.88 Å². The molecular weight excluding hydrogens is 420 g/mol. The number of likely N-dealkylation sites (tertiary alicyclic amines) is 1. The van der Waals surface area contributed by atoms with Gasteiger partial charge in [-0.15, -0.1) is 17.0 Å². The molecule has 28 heavy (non-hydrogen) atoms. The summed E-state index contributed by atoms with van der Waals surface area (Å²) in [6, 6.07) is 9.58. The van der Waals surface area contributed by atoms with Crippen LogP contribution < -0.4 is 10.3 Å². The summed E-state index contributed by atoms with van der Waals surface area (Å²) < 4.78 is 7.54. The monoisotopic (exact) mass is 444 g/mol. The predicted molar refractivity (Wildman–Crippen MR) is 115 cm³/mol. The molecule has 0 spiro atoms. The first-order chi connectivity index (χ1) is 13.3. The van der Waals surface area contributed by atoms with Crippen molar-refractivity contribution in [1.82, 2.24) is 19.3 Å². The maximum Gasteiger partial charge on any atom is 0.269 e. The second-order valence-corrected chi connectivity index (χ2v) is 6.87. The molecule has 1 aliphatic heterocycles. The minimum Gasteiger partial charge on any atom is -0.476 e. The van der Waals surface area contributed by atoms with Crippen LogP contribution >= 0.6 is 17.0 Å². The summed E-state index contributed by atoms with van der Waals surface area (Å²) in [5, 5.41) is 0. The molecule has 6 nitrogen and oxygen atoms in total. The van der Waals surface area contributed by atoms with Crippen molar-refractivity contribution in [3.63, 3.8) is 0 Å². The maximum absolute atomic E-state index is 13.1. The molecule has 3 heterocycles. The van der Waals surface area contributed by atoms with Crippen molar-refractivity contribution in [2.45, 2.75) is 25.7 Å². The molecule has 1 fully saturated rings. The van der Waals surface area contributed by atoms with Crippen molar-refractivity contribution < 1.29 is 4.74 Å². The van der Waals surface area contributed by atoms with Gasteiger partial charge in [-0.1, -0.05) is 43.2 Å². The Morgan fingerprint density at radius 1 is 1.04 bits per heavy atom. The van der Waals surface area contributed by atoms with E-state index < -0.39 is 0 Å². The number of fused-ring (bicyclic) bond motifs is 1. The first kappa shape index (κ1) is 20.5. The fraction of sp³-hybridized carbons (Fsp3) is 0.381. The van der Waals surface area contributed by atoms with E-state index in [1.54, 1.807) is 18.6 Å². The van der Waals surface area contributed by atoms with Crippen molar-refractivity contribution in [1.29, 1.82) is 0 Å². The zero-order valence-electron chi connectivity index (χ0n) is 15.8. The topological polar surface area (TPSA) is 59.7 Å². The van der Waals surface area contributed by atoms with E-state index in [1.807, 2.05) is 30.3 Å². The van der Waals surface area contributed by atoms with Crippen LogP contribution in [0.15, 0.2) is 53.7 Å². The predicted octanol–water partition coefficient (Wildman–Crippen LogP) is 3.59. The van der Waals surface area contributed by atoms with Crippen molar-refractivity contribution in [3.8, 4) is 17.0 Å². The fourth-order valence-corrected chi connectivity index (χ4v) is 3.57. The van der Waals surface area contributed by atoms with Crippen LogP contribution in [0.4, 0.5) is 0 Å². The van der Waals surface area contributed by atoms with Gasteiger partial charge in [0.05, 0.1) is 6.20 Å². The third-order valence-electron chi connectivity index (χ3n) is 5.01. The lowest BCUT2D eigenvalue weighted by atomic mass is 10.1. The second kappa shape index (κ2) is 9.80. The van der Waals surface area contributed by atoms with Gasteiger partial charge in [0.15, 0.2) is 5.65 Å². The van der Waals surface area contributed by atoms with Gasteiger partial charge < -0.3 is 4.74 Å². The van der Waals surface area contributed by atoms with E-state index in [1.165, 1.54) is 30.1 Å². The standard InChI is InChI=1S/C21H24N4O2.BrH/c26-21-19(17-8-4-3-5-9-17)20(23-18-16-22-10-13-25(18)21)27-15-14-24-11-6-1-2-7-12-24;/h3-5,8-10,13,16H,1-2,6-7,11-12,14-15H2;1H. The molecule has 0 bridgehead atoms. The molecule has 1 aromatic carbocycles. The van der Waals surface area contributed by atoms with Gasteiger partial charge in [-0.2, -0.15) is 4.98 Å². The number of benzene rings is 1. The number of rotatable bonds is 5. The highest BCUT2D eigenvalue weighted by Crippen LogP contribution is 2.25. The quantitative estimate of drug-likeness (QED) is 0.601. The molecule has 0 N–H and O–H groups in total. The highest BCUT2D eigenvalue weighted by Gasteiger charge is 2.17. The second-order valence-electron chi connectivity index (χ2n) is 6.87. The van der Waals surface area contributed by atoms with Gasteiger partial charge >= 0.3 is 0 Å². The van der Waals surface area contributed by atoms with E-state index in [4.69, 9.17) is 4.74 Å². The molecule has 0 saturated carbocycles. The Labute approximate surface area is 175 Å². The number of aromatic nitrogens is 3. The molecule has 2 aromatic heterocycles. The Morgan fingerprint density at radius 2 is 1.79 bits per heavy atom. The van der Waals surface area contributed by atoms with Crippen LogP contribution in [0.25, 0.3) is 16.8 Å². The fourth-order valence-electron chi connectivity index (χ4n) is 3.57. The molecule has 3 aromatic rings. The van der Waals surface area contributed by atoms with E-state index >= 15 is 0 Å². The molecule has 4 rings (SSSR count). The molecule has 0 unspecified atom stereocenters. The van der Waals surface area contributed by atoms with Crippen LogP contribution in [-0.4, -0.2) is 45.5 Å². The first-order valence-corrected chi connectivity index (χ1v) is 9.60. The van der Waals surface area contributed by atoms with Gasteiger partial charge in [0, 0.05) is 18.9 Å². The largest absolute Gasteiger partial charge is 0.476 e. The summed E-state index contributed by atoms with van der Waals surface area (Å²) in [5.74, 6) is 0.383. The molecule has 7 heteroatoms. The number of halogens is 1. The van der Waals surface area contributed by atoms with Gasteiger partial charge in [-0.25, -0.2) is 0 Å². The average molecular weight is 445 g/mol. The smallest absolute Gasteiger partial charge is 0.269 e. The van der Waals surface area contributed by atoms with E-state index in [0.29, 0.717) is 23.7 Å². The van der Waals surface area contributed by atoms with Crippen molar-refractivity contribution in [2.24, 2.45) is 0 Å². The molecule has 0 radical (unpaired) electrons. The van der Waals surface area contributed by atoms with E-state index in [9.17, 15) is 4.79 Å². The van der Waals surface area contributed by atoms with Gasteiger partial charge in [0.1, 0.15) is 12.2 Å².